The molecule has 0 aliphatic carbocycles. The molecule has 1 heterocycles. The zero-order chi connectivity index (χ0) is 15.1. The number of aryl methyl sites for hydroxylation is 1. The summed E-state index contributed by atoms with van der Waals surface area (Å²) >= 11 is 0. The van der Waals surface area contributed by atoms with Gasteiger partial charge in [0.25, 0.3) is 0 Å². The lowest BCUT2D eigenvalue weighted by Crippen LogP contribution is -2.09. The minimum Gasteiger partial charge on any atom is -0.504 e. The van der Waals surface area contributed by atoms with Crippen LogP contribution in [0.4, 0.5) is 0 Å². The van der Waals surface area contributed by atoms with E-state index >= 15 is 0 Å². The quantitative estimate of drug-likeness (QED) is 0.643. The second-order valence-corrected chi connectivity index (χ2v) is 4.82. The number of ether oxygens (including phenoxy) is 3. The first-order valence-corrected chi connectivity index (χ1v) is 6.43. The van der Waals surface area contributed by atoms with Crippen LogP contribution in [0.15, 0.2) is 24.3 Å². The topological polar surface area (TPSA) is 65.0 Å². The van der Waals surface area contributed by atoms with Gasteiger partial charge in [-0.3, -0.25) is 0 Å². The van der Waals surface area contributed by atoms with Gasteiger partial charge < -0.3 is 19.3 Å². The van der Waals surface area contributed by atoms with Gasteiger partial charge in [-0.1, -0.05) is 12.1 Å². The highest BCUT2D eigenvalue weighted by Crippen LogP contribution is 2.48. The van der Waals surface area contributed by atoms with Crippen LogP contribution in [-0.4, -0.2) is 18.2 Å². The minimum absolute atomic E-state index is 0.117. The van der Waals surface area contributed by atoms with Crippen molar-refractivity contribution >= 4 is 5.97 Å². The molecule has 0 fully saturated rings. The first kappa shape index (κ1) is 13.3. The third-order valence-electron chi connectivity index (χ3n) is 3.48. The number of rotatable bonds is 1. The number of hydrogen-bond acceptors (Lipinski definition) is 5. The van der Waals surface area contributed by atoms with Crippen molar-refractivity contribution in [3.05, 3.63) is 41.0 Å². The van der Waals surface area contributed by atoms with Gasteiger partial charge in [0.05, 0.1) is 7.11 Å². The molecular formula is C16H14O5. The largest absolute Gasteiger partial charge is 0.504 e. The van der Waals surface area contributed by atoms with E-state index < -0.39 is 5.97 Å². The van der Waals surface area contributed by atoms with E-state index in [9.17, 15) is 9.90 Å². The molecule has 0 amide bonds. The van der Waals surface area contributed by atoms with E-state index in [1.54, 1.807) is 32.0 Å². The van der Waals surface area contributed by atoms with Crippen molar-refractivity contribution in [3.8, 4) is 28.7 Å². The van der Waals surface area contributed by atoms with E-state index in [1.807, 2.05) is 0 Å². The Morgan fingerprint density at radius 1 is 1.14 bits per heavy atom. The lowest BCUT2D eigenvalue weighted by atomic mass is 10.1. The number of carbonyl (C=O) groups excluding carboxylic acids is 1. The van der Waals surface area contributed by atoms with Crippen molar-refractivity contribution in [3.63, 3.8) is 0 Å². The summed E-state index contributed by atoms with van der Waals surface area (Å²) in [6, 6.07) is 6.67. The average molecular weight is 286 g/mol. The normalized spacial score (nSPS) is 12.6. The maximum Gasteiger partial charge on any atom is 0.347 e. The molecule has 0 unspecified atom stereocenters. The lowest BCUT2D eigenvalue weighted by Gasteiger charge is -2.13. The Morgan fingerprint density at radius 3 is 2.62 bits per heavy atom. The Hall–Kier alpha value is -2.69. The van der Waals surface area contributed by atoms with Crippen LogP contribution in [0.1, 0.15) is 21.5 Å². The molecule has 5 heteroatoms. The number of carbonyl (C=O) groups is 1. The summed E-state index contributed by atoms with van der Waals surface area (Å²) < 4.78 is 16.3. The number of aromatic hydroxyl groups is 1. The number of phenolic OH excluding ortho intramolecular Hbond substituents is 1. The second-order valence-electron chi connectivity index (χ2n) is 4.82. The highest BCUT2D eigenvalue weighted by molar-refractivity contribution is 5.97. The average Bonchev–Trinajstić information content (AvgIpc) is 2.61. The Kier molecular flexibility index (Phi) is 2.97. The van der Waals surface area contributed by atoms with Gasteiger partial charge in [0.15, 0.2) is 11.5 Å². The molecule has 0 atom stereocenters. The van der Waals surface area contributed by atoms with Crippen molar-refractivity contribution in [1.29, 1.82) is 0 Å². The van der Waals surface area contributed by atoms with Crippen LogP contribution in [0, 0.1) is 13.8 Å². The Labute approximate surface area is 121 Å². The molecule has 0 saturated carbocycles. The fourth-order valence-electron chi connectivity index (χ4n) is 2.37. The number of esters is 1. The van der Waals surface area contributed by atoms with Gasteiger partial charge in [-0.25, -0.2) is 4.79 Å². The molecule has 0 saturated heterocycles. The van der Waals surface area contributed by atoms with Gasteiger partial charge in [-0.15, -0.1) is 0 Å². The van der Waals surface area contributed by atoms with E-state index in [-0.39, 0.29) is 17.2 Å². The van der Waals surface area contributed by atoms with Crippen molar-refractivity contribution < 1.29 is 24.1 Å². The van der Waals surface area contributed by atoms with Crippen LogP contribution >= 0.6 is 0 Å². The summed E-state index contributed by atoms with van der Waals surface area (Å²) in [6.45, 7) is 3.53. The predicted octanol–water partition coefficient (Wildman–Crippen LogP) is 3.34. The summed E-state index contributed by atoms with van der Waals surface area (Å²) in [6.07, 6.45) is 0. The molecular weight excluding hydrogens is 272 g/mol. The maximum absolute atomic E-state index is 12.3. The number of fused-ring (bicyclic) bond motifs is 2. The smallest absolute Gasteiger partial charge is 0.347 e. The van der Waals surface area contributed by atoms with Crippen molar-refractivity contribution in [2.45, 2.75) is 13.8 Å². The lowest BCUT2D eigenvalue weighted by molar-refractivity contribution is 0.0735. The number of methoxy groups -OCH3 is 1. The van der Waals surface area contributed by atoms with Crippen LogP contribution < -0.4 is 14.2 Å². The first-order valence-electron chi connectivity index (χ1n) is 6.43. The zero-order valence-electron chi connectivity index (χ0n) is 11.9. The molecule has 21 heavy (non-hydrogen) atoms. The predicted molar refractivity (Wildman–Crippen MR) is 75.6 cm³/mol. The standard InChI is InChI=1S/C16H14O5/c1-8-5-4-6-11-13(8)16(18)21-14-9(2)12(19-3)7-10(17)15(14)20-11/h4-7,17H,1-3H3. The van der Waals surface area contributed by atoms with Crippen molar-refractivity contribution in [2.75, 3.05) is 7.11 Å². The number of benzene rings is 2. The molecule has 0 spiro atoms. The summed E-state index contributed by atoms with van der Waals surface area (Å²) in [5, 5.41) is 10.1. The fourth-order valence-corrected chi connectivity index (χ4v) is 2.37. The van der Waals surface area contributed by atoms with Gasteiger partial charge in [0.2, 0.25) is 5.75 Å². The third kappa shape index (κ3) is 1.98. The van der Waals surface area contributed by atoms with Crippen LogP contribution in [0.3, 0.4) is 0 Å². The highest BCUT2D eigenvalue weighted by Gasteiger charge is 2.29. The molecule has 3 rings (SSSR count). The Balaban J connectivity index is 2.25. The van der Waals surface area contributed by atoms with Crippen LogP contribution in [-0.2, 0) is 0 Å². The van der Waals surface area contributed by atoms with Crippen molar-refractivity contribution in [2.24, 2.45) is 0 Å². The van der Waals surface area contributed by atoms with Gasteiger partial charge in [0.1, 0.15) is 17.1 Å². The zero-order valence-corrected chi connectivity index (χ0v) is 11.9. The van der Waals surface area contributed by atoms with Crippen molar-refractivity contribution in [1.82, 2.24) is 0 Å². The molecule has 0 aromatic heterocycles. The molecule has 1 aliphatic heterocycles. The Morgan fingerprint density at radius 2 is 1.90 bits per heavy atom. The van der Waals surface area contributed by atoms with Crippen LogP contribution in [0.5, 0.6) is 28.7 Å². The summed E-state index contributed by atoms with van der Waals surface area (Å²) in [5.41, 5.74) is 1.69. The van der Waals surface area contributed by atoms with E-state index in [1.165, 1.54) is 13.2 Å². The maximum atomic E-state index is 12.3. The highest BCUT2D eigenvalue weighted by atomic mass is 16.6. The molecule has 1 N–H and O–H groups in total. The Bertz CT molecular complexity index is 749. The van der Waals surface area contributed by atoms with E-state index in [4.69, 9.17) is 14.2 Å². The first-order chi connectivity index (χ1) is 10.0. The minimum atomic E-state index is -0.516. The van der Waals surface area contributed by atoms with E-state index in [0.29, 0.717) is 22.6 Å². The molecule has 108 valence electrons. The number of hydrogen-bond donors (Lipinski definition) is 1. The molecule has 2 aromatic carbocycles. The van der Waals surface area contributed by atoms with Crippen LogP contribution in [0.2, 0.25) is 0 Å². The van der Waals surface area contributed by atoms with Gasteiger partial charge in [-0.2, -0.15) is 0 Å². The van der Waals surface area contributed by atoms with Gasteiger partial charge >= 0.3 is 5.97 Å². The van der Waals surface area contributed by atoms with Crippen LogP contribution in [0.25, 0.3) is 0 Å². The van der Waals surface area contributed by atoms with Gasteiger partial charge in [0, 0.05) is 11.6 Å². The fraction of sp³-hybridized carbons (Fsp3) is 0.188. The molecule has 5 nitrogen and oxygen atoms in total. The molecule has 2 aromatic rings. The molecule has 0 radical (unpaired) electrons. The SMILES string of the molecule is COc1cc(O)c2c(c1C)OC(=O)c1c(C)cccc1O2. The summed E-state index contributed by atoms with van der Waals surface area (Å²) in [4.78, 5) is 12.3. The molecule has 0 bridgehead atoms. The third-order valence-corrected chi connectivity index (χ3v) is 3.48. The second kappa shape index (κ2) is 4.70. The summed E-state index contributed by atoms with van der Waals surface area (Å²) in [7, 11) is 1.48. The van der Waals surface area contributed by atoms with E-state index in [0.717, 1.165) is 5.56 Å². The monoisotopic (exact) mass is 286 g/mol. The summed E-state index contributed by atoms with van der Waals surface area (Å²) in [5.74, 6) is 0.412. The van der Waals surface area contributed by atoms with Gasteiger partial charge in [-0.05, 0) is 25.5 Å². The number of phenols is 1. The van der Waals surface area contributed by atoms with E-state index in [2.05, 4.69) is 0 Å². The molecule has 1 aliphatic rings.